The Morgan fingerprint density at radius 1 is 0.902 bits per heavy atom. The van der Waals surface area contributed by atoms with Gasteiger partial charge >= 0.3 is 0 Å². The number of hydrogen-bond donors (Lipinski definition) is 3. The maximum atomic E-state index is 13.8. The van der Waals surface area contributed by atoms with Crippen molar-refractivity contribution < 1.29 is 23.1 Å². The molecule has 17 heteroatoms. The Kier molecular flexibility index (Phi) is 13.2. The first kappa shape index (κ1) is 42.7. The monoisotopic (exact) mass is 845 g/mol. The van der Waals surface area contributed by atoms with Crippen molar-refractivity contribution >= 4 is 40.2 Å². The van der Waals surface area contributed by atoms with Crippen molar-refractivity contribution in [2.75, 3.05) is 79.3 Å². The number of amides is 1. The van der Waals surface area contributed by atoms with Gasteiger partial charge in [0.05, 0.1) is 17.2 Å². The van der Waals surface area contributed by atoms with E-state index in [1.807, 2.05) is 17.0 Å². The molecule has 4 fully saturated rings. The number of nitrogens with one attached hydrogen (secondary N) is 2. The van der Waals surface area contributed by atoms with Crippen molar-refractivity contribution in [3.05, 3.63) is 70.7 Å². The lowest BCUT2D eigenvalue weighted by molar-refractivity contribution is -0.132. The number of carbonyl (C=O) groups is 1. The number of fused-ring (bicyclic) bond motifs is 1. The summed E-state index contributed by atoms with van der Waals surface area (Å²) in [7, 11) is 0. The fourth-order valence-corrected chi connectivity index (χ4v) is 9.61. The number of unbranched alkanes of at least 4 members (excludes halogenated alkanes) is 2. The zero-order valence-electron chi connectivity index (χ0n) is 35.0. The van der Waals surface area contributed by atoms with E-state index in [1.54, 1.807) is 25.4 Å². The number of anilines is 4. The minimum absolute atomic E-state index is 0.00688. The van der Waals surface area contributed by atoms with Gasteiger partial charge < -0.3 is 30.4 Å². The van der Waals surface area contributed by atoms with Crippen LogP contribution in [-0.2, 0) is 4.79 Å². The van der Waals surface area contributed by atoms with Crippen LogP contribution in [0.15, 0.2) is 53.7 Å². The summed E-state index contributed by atoms with van der Waals surface area (Å²) >= 11 is 0. The van der Waals surface area contributed by atoms with Gasteiger partial charge in [0.1, 0.15) is 29.4 Å². The molecule has 3 aliphatic heterocycles. The second-order valence-corrected chi connectivity index (χ2v) is 17.4. The summed E-state index contributed by atoms with van der Waals surface area (Å²) in [5.41, 5.74) is -1.54. The van der Waals surface area contributed by atoms with Gasteiger partial charge in [-0.25, -0.2) is 28.1 Å². The number of piperidine rings is 2. The first-order chi connectivity index (χ1) is 29.5. The molecule has 3 aromatic heterocycles. The topological polar surface area (TPSA) is 148 Å². The Hall–Kier alpha value is -5.03. The number of carbonyl (C=O) groups excluding carboxylic acids is 1. The Balaban J connectivity index is 0.736. The van der Waals surface area contributed by atoms with Gasteiger partial charge in [0.2, 0.25) is 11.9 Å². The van der Waals surface area contributed by atoms with Gasteiger partial charge in [0, 0.05) is 94.2 Å². The minimum Gasteiger partial charge on any atom is -0.388 e. The number of aromatic nitrogens is 5. The maximum Gasteiger partial charge on any atom is 0.269 e. The molecular formula is C44H58F3N11O3. The van der Waals surface area contributed by atoms with E-state index in [1.165, 1.54) is 16.8 Å². The quantitative estimate of drug-likeness (QED) is 0.128. The van der Waals surface area contributed by atoms with Crippen LogP contribution in [0.5, 0.6) is 0 Å². The predicted octanol–water partition coefficient (Wildman–Crippen LogP) is 6.00. The molecule has 8 rings (SSSR count). The van der Waals surface area contributed by atoms with Crippen LogP contribution in [0.2, 0.25) is 0 Å². The zero-order valence-corrected chi connectivity index (χ0v) is 35.0. The summed E-state index contributed by atoms with van der Waals surface area (Å²) in [6.45, 7) is 9.23. The first-order valence-corrected chi connectivity index (χ1v) is 22.0. The molecule has 0 bridgehead atoms. The van der Waals surface area contributed by atoms with Crippen molar-refractivity contribution in [2.24, 2.45) is 0 Å². The smallest absolute Gasteiger partial charge is 0.269 e. The SMILES string of the molecule is C[C@]1(O)CCC[C@@H]1n1c(=O)c(C(F)F)cc2cnc(NC3CCN(C(=O)CCCCCN4CCN(c5cc(N[C@@H]6CCCN(c7cccc(F)c7)C6)ncn5)CC4)CC3)nc21. The highest BCUT2D eigenvalue weighted by atomic mass is 19.3. The van der Waals surface area contributed by atoms with Crippen LogP contribution in [0.3, 0.4) is 0 Å². The van der Waals surface area contributed by atoms with Gasteiger partial charge in [-0.1, -0.05) is 12.5 Å². The molecule has 1 saturated carbocycles. The number of piperazine rings is 1. The van der Waals surface area contributed by atoms with Crippen LogP contribution in [0.25, 0.3) is 11.0 Å². The van der Waals surface area contributed by atoms with Gasteiger partial charge in [0.15, 0.2) is 0 Å². The van der Waals surface area contributed by atoms with Gasteiger partial charge in [-0.3, -0.25) is 19.1 Å². The second-order valence-electron chi connectivity index (χ2n) is 17.4. The molecule has 4 aliphatic rings. The largest absolute Gasteiger partial charge is 0.388 e. The van der Waals surface area contributed by atoms with Crippen molar-refractivity contribution in [1.29, 1.82) is 0 Å². The van der Waals surface area contributed by atoms with Gasteiger partial charge in [-0.05, 0) is 95.5 Å². The van der Waals surface area contributed by atoms with Crippen molar-refractivity contribution in [3.63, 3.8) is 0 Å². The lowest BCUT2D eigenvalue weighted by Gasteiger charge is -2.36. The highest BCUT2D eigenvalue weighted by Gasteiger charge is 2.40. The van der Waals surface area contributed by atoms with E-state index in [2.05, 4.69) is 45.3 Å². The molecule has 4 aromatic rings. The third kappa shape index (κ3) is 10.2. The summed E-state index contributed by atoms with van der Waals surface area (Å²) in [4.78, 5) is 53.4. The molecule has 3 saturated heterocycles. The van der Waals surface area contributed by atoms with Crippen molar-refractivity contribution in [3.8, 4) is 0 Å². The molecule has 3 N–H and O–H groups in total. The number of alkyl halides is 2. The molecule has 0 radical (unpaired) electrons. The molecule has 1 aliphatic carbocycles. The summed E-state index contributed by atoms with van der Waals surface area (Å²) in [6.07, 6.45) is 8.60. The lowest BCUT2D eigenvalue weighted by Crippen LogP contribution is -2.47. The normalized spacial score (nSPS) is 23.0. The average molecular weight is 846 g/mol. The summed E-state index contributed by atoms with van der Waals surface area (Å²) in [5, 5.41) is 18.3. The van der Waals surface area contributed by atoms with Gasteiger partial charge in [-0.2, -0.15) is 4.98 Å². The van der Waals surface area contributed by atoms with Crippen LogP contribution >= 0.6 is 0 Å². The van der Waals surface area contributed by atoms with Crippen LogP contribution in [0.4, 0.5) is 36.4 Å². The molecule has 14 nitrogen and oxygen atoms in total. The van der Waals surface area contributed by atoms with Crippen LogP contribution in [-0.4, -0.2) is 122 Å². The fourth-order valence-electron chi connectivity index (χ4n) is 9.61. The number of rotatable bonds is 14. The molecule has 1 aromatic carbocycles. The molecule has 61 heavy (non-hydrogen) atoms. The van der Waals surface area contributed by atoms with Crippen molar-refractivity contribution in [1.82, 2.24) is 34.3 Å². The van der Waals surface area contributed by atoms with Gasteiger partial charge in [-0.15, -0.1) is 0 Å². The Labute approximate surface area is 354 Å². The van der Waals surface area contributed by atoms with E-state index in [4.69, 9.17) is 0 Å². The predicted molar refractivity (Wildman–Crippen MR) is 230 cm³/mol. The minimum atomic E-state index is -2.96. The Morgan fingerprint density at radius 2 is 1.72 bits per heavy atom. The summed E-state index contributed by atoms with van der Waals surface area (Å²) in [5.74, 6) is 1.97. The fraction of sp³-hybridized carbons (Fsp3) is 0.591. The van der Waals surface area contributed by atoms with Crippen LogP contribution in [0, 0.1) is 5.82 Å². The maximum absolute atomic E-state index is 13.8. The number of benzene rings is 1. The highest BCUT2D eigenvalue weighted by Crippen LogP contribution is 2.40. The number of pyridine rings is 1. The third-order valence-electron chi connectivity index (χ3n) is 13.1. The summed E-state index contributed by atoms with van der Waals surface area (Å²) < 4.78 is 42.8. The van der Waals surface area contributed by atoms with E-state index >= 15 is 0 Å². The lowest BCUT2D eigenvalue weighted by atomic mass is 9.99. The number of halogens is 3. The molecule has 6 heterocycles. The van der Waals surface area contributed by atoms with E-state index < -0.39 is 29.2 Å². The molecular weight excluding hydrogens is 788 g/mol. The molecule has 1 amide bonds. The van der Waals surface area contributed by atoms with E-state index in [0.29, 0.717) is 57.0 Å². The first-order valence-electron chi connectivity index (χ1n) is 22.0. The standard InChI is InChI=1S/C44H58F3N11O3/c1-44(61)15-6-11-36(44)58-41-30(24-35(40(46)47)42(58)60)27-48-43(53-41)52-32-13-18-56(19-14-32)39(59)12-3-2-4-16-54-20-22-55(23-21-54)38-26-37(49-29-50-38)51-33-9-7-17-57(28-33)34-10-5-8-31(45)25-34/h5,8,10,24-27,29,32-33,36,40,61H,2-4,6-7,9,11-23,28H2,1H3,(H,48,52,53)(H,49,50,51)/t33-,36+,44+/m1/s1. The highest BCUT2D eigenvalue weighted by molar-refractivity contribution is 5.77. The van der Waals surface area contributed by atoms with E-state index in [0.717, 1.165) is 101 Å². The number of hydrogen-bond acceptors (Lipinski definition) is 12. The Morgan fingerprint density at radius 3 is 2.48 bits per heavy atom. The molecule has 3 atom stereocenters. The number of aliphatic hydroxyl groups is 1. The second kappa shape index (κ2) is 18.9. The van der Waals surface area contributed by atoms with E-state index in [-0.39, 0.29) is 35.4 Å². The number of likely N-dealkylation sites (tertiary alicyclic amines) is 1. The molecule has 0 spiro atoms. The van der Waals surface area contributed by atoms with Gasteiger partial charge in [0.25, 0.3) is 12.0 Å². The van der Waals surface area contributed by atoms with Crippen molar-refractivity contribution in [2.45, 2.75) is 108 Å². The van der Waals surface area contributed by atoms with E-state index in [9.17, 15) is 27.9 Å². The number of nitrogens with zero attached hydrogens (tertiary/aromatic N) is 9. The van der Waals surface area contributed by atoms with Crippen LogP contribution < -0.4 is 26.0 Å². The Bertz CT molecular complexity index is 2190. The molecule has 328 valence electrons. The third-order valence-corrected chi connectivity index (χ3v) is 13.1. The van der Waals surface area contributed by atoms with Crippen LogP contribution in [0.1, 0.15) is 95.6 Å². The summed E-state index contributed by atoms with van der Waals surface area (Å²) in [6, 6.07) is 9.52. The molecule has 0 unspecified atom stereocenters. The average Bonchev–Trinajstić information content (AvgIpc) is 3.61. The zero-order chi connectivity index (χ0) is 42.5.